The highest BCUT2D eigenvalue weighted by molar-refractivity contribution is 8.13. The predicted molar refractivity (Wildman–Crippen MR) is 50.1 cm³/mol. The highest BCUT2D eigenvalue weighted by atomic mass is 32.2. The molecule has 0 saturated carbocycles. The van der Waals surface area contributed by atoms with Crippen molar-refractivity contribution >= 4 is 33.9 Å². The minimum absolute atomic E-state index is 0.171. The monoisotopic (exact) mass is 181 g/mol. The van der Waals surface area contributed by atoms with E-state index in [1.807, 2.05) is 6.26 Å². The number of nitrogens with one attached hydrogen (secondary N) is 1. The second-order valence-electron chi connectivity index (χ2n) is 1.17. The zero-order chi connectivity index (χ0) is 8.57. The van der Waals surface area contributed by atoms with E-state index in [4.69, 9.17) is 22.3 Å². The lowest BCUT2D eigenvalue weighted by molar-refractivity contribution is -0.110. The van der Waals surface area contributed by atoms with Gasteiger partial charge in [0.25, 0.3) is 5.17 Å². The summed E-state index contributed by atoms with van der Waals surface area (Å²) in [5, 5.41) is 12.0. The minimum atomic E-state index is 0.171. The number of rotatable bonds is 0. The first-order chi connectivity index (χ1) is 4.54. The summed E-state index contributed by atoms with van der Waals surface area (Å²) in [6.45, 7) is 0. The van der Waals surface area contributed by atoms with Crippen LogP contribution >= 0.6 is 23.5 Å². The molecule has 10 heavy (non-hydrogen) atoms. The van der Waals surface area contributed by atoms with Crippen LogP contribution in [0.2, 0.25) is 0 Å². The molecular weight excluding hydrogens is 168 g/mol. The zero-order valence-corrected chi connectivity index (χ0v) is 7.68. The van der Waals surface area contributed by atoms with Gasteiger partial charge >= 0.3 is 0 Å². The molecule has 0 unspecified atom stereocenters. The van der Waals surface area contributed by atoms with Crippen molar-refractivity contribution in [3.8, 4) is 0 Å². The normalized spacial score (nSPS) is 7.40. The Hall–Kier alpha value is -0.360. The van der Waals surface area contributed by atoms with Crippen LogP contribution in [0.1, 0.15) is 0 Å². The van der Waals surface area contributed by atoms with Crippen LogP contribution in [0.15, 0.2) is 0 Å². The molecule has 0 aromatic rings. The van der Waals surface area contributed by atoms with Crippen molar-refractivity contribution < 1.29 is 5.41 Å². The molecule has 60 valence electrons. The Morgan fingerprint density at radius 3 is 1.50 bits per heavy atom. The molecule has 0 saturated heterocycles. The summed E-state index contributed by atoms with van der Waals surface area (Å²) in [6, 6.07) is 0. The van der Waals surface area contributed by atoms with Gasteiger partial charge in [0.2, 0.25) is 0 Å². The van der Waals surface area contributed by atoms with E-state index >= 15 is 0 Å². The number of thioether (sulfide) groups is 2. The van der Waals surface area contributed by atoms with Crippen molar-refractivity contribution in [2.75, 3.05) is 12.5 Å². The number of hydrogen-bond donors (Lipinski definition) is 4. The third kappa shape index (κ3) is 25.4. The van der Waals surface area contributed by atoms with E-state index < -0.39 is 0 Å². The van der Waals surface area contributed by atoms with Crippen LogP contribution in [0.4, 0.5) is 0 Å². The second kappa shape index (κ2) is 8.64. The van der Waals surface area contributed by atoms with E-state index in [1.54, 1.807) is 6.26 Å². The highest BCUT2D eigenvalue weighted by Gasteiger charge is 1.80. The lowest BCUT2D eigenvalue weighted by atomic mass is 11.4. The fraction of sp³-hybridized carbons (Fsp3) is 0.500. The van der Waals surface area contributed by atoms with Crippen LogP contribution < -0.4 is 16.9 Å². The first-order valence-electron chi connectivity index (χ1n) is 2.34. The van der Waals surface area contributed by atoms with Gasteiger partial charge in [-0.2, -0.15) is 0 Å². The van der Waals surface area contributed by atoms with Crippen molar-refractivity contribution in [1.29, 1.82) is 5.41 Å². The Morgan fingerprint density at radius 2 is 1.50 bits per heavy atom. The zero-order valence-electron chi connectivity index (χ0n) is 6.05. The summed E-state index contributed by atoms with van der Waals surface area (Å²) >= 11 is 2.59. The fourth-order valence-corrected chi connectivity index (χ4v) is 0. The van der Waals surface area contributed by atoms with Gasteiger partial charge in [-0.3, -0.25) is 16.6 Å². The van der Waals surface area contributed by atoms with Gasteiger partial charge in [0.15, 0.2) is 5.17 Å². The summed E-state index contributed by atoms with van der Waals surface area (Å²) in [7, 11) is 0. The smallest absolute Gasteiger partial charge is 0.299 e. The van der Waals surface area contributed by atoms with Crippen molar-refractivity contribution in [1.82, 2.24) is 0 Å². The highest BCUT2D eigenvalue weighted by Crippen LogP contribution is 1.83. The number of hydrogen-bond acceptors (Lipinski definition) is 3. The Morgan fingerprint density at radius 1 is 1.30 bits per heavy atom. The number of nitrogens with two attached hydrogens (primary N) is 3. The third-order valence-electron chi connectivity index (χ3n) is 0.456. The van der Waals surface area contributed by atoms with Crippen LogP contribution in [0.3, 0.4) is 0 Å². The van der Waals surface area contributed by atoms with Crippen molar-refractivity contribution in [2.45, 2.75) is 0 Å². The van der Waals surface area contributed by atoms with E-state index in [0.29, 0.717) is 5.17 Å². The van der Waals surface area contributed by atoms with Gasteiger partial charge in [-0.1, -0.05) is 11.8 Å². The topological polar surface area (TPSA) is 101 Å². The molecule has 0 bridgehead atoms. The Balaban J connectivity index is 0. The molecule has 6 heteroatoms. The average Bonchev–Trinajstić information content (AvgIpc) is 1.89. The maximum Gasteiger partial charge on any atom is 0.299 e. The van der Waals surface area contributed by atoms with Crippen LogP contribution in [-0.2, 0) is 0 Å². The largest absolute Gasteiger partial charge is 0.379 e. The summed E-state index contributed by atoms with van der Waals surface area (Å²) in [6.07, 6.45) is 3.59. The molecule has 0 rings (SSSR count). The van der Waals surface area contributed by atoms with Crippen LogP contribution in [0.25, 0.3) is 0 Å². The molecule has 0 aromatic carbocycles. The van der Waals surface area contributed by atoms with Gasteiger partial charge in [0, 0.05) is 0 Å². The quantitative estimate of drug-likeness (QED) is 0.274. The first-order valence-corrected chi connectivity index (χ1v) is 4.79. The molecule has 0 spiro atoms. The summed E-state index contributed by atoms with van der Waals surface area (Å²) in [5.74, 6) is 0. The fourth-order valence-electron chi connectivity index (χ4n) is 0. The Labute approximate surface area is 69.1 Å². The maximum atomic E-state index is 6.48. The van der Waals surface area contributed by atoms with Crippen LogP contribution in [0.5, 0.6) is 0 Å². The van der Waals surface area contributed by atoms with E-state index in [-0.39, 0.29) is 5.17 Å². The maximum absolute atomic E-state index is 6.48. The van der Waals surface area contributed by atoms with Gasteiger partial charge in [-0.05, 0) is 24.3 Å². The van der Waals surface area contributed by atoms with Gasteiger partial charge < -0.3 is 5.73 Å². The van der Waals surface area contributed by atoms with Crippen LogP contribution in [0, 0.1) is 5.41 Å². The Kier molecular flexibility index (Phi) is 10.7. The van der Waals surface area contributed by atoms with Gasteiger partial charge in [-0.15, -0.1) is 0 Å². The molecule has 0 aromatic heterocycles. The van der Waals surface area contributed by atoms with Gasteiger partial charge in [0.05, 0.1) is 0 Å². The standard InChI is InChI=1S/2C2H6N2S/c2*1-5-2(3)4/h2*1H3,(H3,3,4)/p+1. The lowest BCUT2D eigenvalue weighted by Gasteiger charge is -1.78. The summed E-state index contributed by atoms with van der Waals surface area (Å²) in [4.78, 5) is 0. The molecule has 4 nitrogen and oxygen atoms in total. The van der Waals surface area contributed by atoms with Gasteiger partial charge in [0.1, 0.15) is 0 Å². The second-order valence-corrected chi connectivity index (χ2v) is 2.90. The Bertz CT molecular complexity index is 99.8. The molecule has 0 fully saturated rings. The first kappa shape index (κ1) is 12.3. The van der Waals surface area contributed by atoms with Crippen LogP contribution in [-0.4, -0.2) is 22.8 Å². The van der Waals surface area contributed by atoms with Crippen molar-refractivity contribution in [2.24, 2.45) is 11.5 Å². The SMILES string of the molecule is CSC(=N)N.CSC(N)=[NH2+]. The lowest BCUT2D eigenvalue weighted by Crippen LogP contribution is -2.42. The summed E-state index contributed by atoms with van der Waals surface area (Å²) < 4.78 is 0. The molecular formula is C4H13N4S2+. The predicted octanol–water partition coefficient (Wildman–Crippen LogP) is -1.33. The number of amidine groups is 2. The van der Waals surface area contributed by atoms with E-state index in [1.165, 1.54) is 23.5 Å². The van der Waals surface area contributed by atoms with E-state index in [0.717, 1.165) is 0 Å². The van der Waals surface area contributed by atoms with Gasteiger partial charge in [-0.25, -0.2) is 0 Å². The molecule has 0 heterocycles. The molecule has 0 atom stereocenters. The molecule has 0 amide bonds. The van der Waals surface area contributed by atoms with Crippen molar-refractivity contribution in [3.05, 3.63) is 0 Å². The average molecular weight is 181 g/mol. The molecule has 0 aliphatic carbocycles. The molecule has 0 radical (unpaired) electrons. The summed E-state index contributed by atoms with van der Waals surface area (Å²) in [5.41, 5.74) is 9.79. The molecule has 7 N–H and O–H groups in total. The molecule has 0 aliphatic heterocycles. The minimum Gasteiger partial charge on any atom is -0.379 e. The van der Waals surface area contributed by atoms with E-state index in [2.05, 4.69) is 0 Å². The van der Waals surface area contributed by atoms with Crippen molar-refractivity contribution in [3.63, 3.8) is 0 Å². The third-order valence-corrected chi connectivity index (χ3v) is 1.37. The molecule has 0 aliphatic rings. The van der Waals surface area contributed by atoms with E-state index in [9.17, 15) is 0 Å².